The Morgan fingerprint density at radius 2 is 2.29 bits per heavy atom. The van der Waals surface area contributed by atoms with E-state index in [4.69, 9.17) is 0 Å². The largest absolute Gasteiger partial charge is 0.344 e. The number of allylic oxidation sites excluding steroid dienone is 1. The highest BCUT2D eigenvalue weighted by Gasteiger charge is 2.23. The fraction of sp³-hybridized carbons (Fsp3) is 0.429. The van der Waals surface area contributed by atoms with E-state index in [-0.39, 0.29) is 11.9 Å². The van der Waals surface area contributed by atoms with E-state index < -0.39 is 0 Å². The average Bonchev–Trinajstić information content (AvgIpc) is 3.13. The Morgan fingerprint density at radius 3 is 2.88 bits per heavy atom. The molecule has 1 aliphatic rings. The molecule has 3 heteroatoms. The second-order valence-corrected chi connectivity index (χ2v) is 4.65. The summed E-state index contributed by atoms with van der Waals surface area (Å²) in [6, 6.07) is 5.67. The van der Waals surface area contributed by atoms with Crippen molar-refractivity contribution in [3.05, 3.63) is 41.7 Å². The minimum atomic E-state index is -0.0491. The summed E-state index contributed by atoms with van der Waals surface area (Å²) in [6.07, 6.45) is 5.91. The first-order valence-corrected chi connectivity index (χ1v) is 6.06. The van der Waals surface area contributed by atoms with Crippen LogP contribution in [0.5, 0.6) is 0 Å². The van der Waals surface area contributed by atoms with Gasteiger partial charge in [-0.25, -0.2) is 0 Å². The van der Waals surface area contributed by atoms with Crippen molar-refractivity contribution >= 4 is 5.91 Å². The Hall–Kier alpha value is -1.64. The fourth-order valence-corrected chi connectivity index (χ4v) is 1.82. The van der Waals surface area contributed by atoms with Crippen LogP contribution in [0.3, 0.4) is 0 Å². The molecule has 17 heavy (non-hydrogen) atoms. The molecule has 0 aromatic carbocycles. The number of hydrogen-bond donors (Lipinski definition) is 1. The van der Waals surface area contributed by atoms with Crippen LogP contribution in [0.25, 0.3) is 0 Å². The molecule has 2 rings (SSSR count). The van der Waals surface area contributed by atoms with E-state index in [1.807, 2.05) is 32.0 Å². The van der Waals surface area contributed by atoms with Gasteiger partial charge in [0.05, 0.1) is 11.7 Å². The smallest absolute Gasteiger partial charge is 0.244 e. The van der Waals surface area contributed by atoms with Crippen molar-refractivity contribution in [3.63, 3.8) is 0 Å². The van der Waals surface area contributed by atoms with Crippen molar-refractivity contribution in [1.82, 2.24) is 10.3 Å². The van der Waals surface area contributed by atoms with Crippen LogP contribution in [0.15, 0.2) is 36.0 Å². The van der Waals surface area contributed by atoms with Gasteiger partial charge in [0.2, 0.25) is 5.91 Å². The van der Waals surface area contributed by atoms with Gasteiger partial charge in [-0.2, -0.15) is 0 Å². The molecule has 1 aromatic rings. The number of carbonyl (C=O) groups is 1. The second kappa shape index (κ2) is 5.13. The lowest BCUT2D eigenvalue weighted by atomic mass is 10.1. The third kappa shape index (κ3) is 3.41. The Kier molecular flexibility index (Phi) is 3.57. The summed E-state index contributed by atoms with van der Waals surface area (Å²) in [5.41, 5.74) is 2.08. The summed E-state index contributed by atoms with van der Waals surface area (Å²) in [5, 5.41) is 2.93. The summed E-state index contributed by atoms with van der Waals surface area (Å²) in [6.45, 7) is 3.98. The Bertz CT molecular complexity index is 421. The number of carbonyl (C=O) groups excluding carboxylic acids is 1. The molecule has 1 N–H and O–H groups in total. The van der Waals surface area contributed by atoms with Crippen molar-refractivity contribution < 1.29 is 4.79 Å². The molecule has 90 valence electrons. The molecule has 1 saturated carbocycles. The first-order valence-electron chi connectivity index (χ1n) is 6.06. The van der Waals surface area contributed by atoms with Crippen molar-refractivity contribution in [2.45, 2.75) is 32.7 Å². The molecule has 1 atom stereocenters. The van der Waals surface area contributed by atoms with Crippen LogP contribution in [0, 0.1) is 5.92 Å². The van der Waals surface area contributed by atoms with Gasteiger partial charge in [0, 0.05) is 12.3 Å². The van der Waals surface area contributed by atoms with Gasteiger partial charge >= 0.3 is 0 Å². The zero-order valence-electron chi connectivity index (χ0n) is 10.3. The van der Waals surface area contributed by atoms with Crippen LogP contribution >= 0.6 is 0 Å². The number of rotatable bonds is 4. The van der Waals surface area contributed by atoms with Gasteiger partial charge in [-0.3, -0.25) is 9.78 Å². The van der Waals surface area contributed by atoms with Gasteiger partial charge in [-0.05, 0) is 44.7 Å². The Morgan fingerprint density at radius 1 is 1.53 bits per heavy atom. The van der Waals surface area contributed by atoms with Gasteiger partial charge in [0.25, 0.3) is 0 Å². The molecule has 1 aromatic heterocycles. The minimum absolute atomic E-state index is 0.0208. The summed E-state index contributed by atoms with van der Waals surface area (Å²) in [7, 11) is 0. The lowest BCUT2D eigenvalue weighted by Crippen LogP contribution is -2.25. The maximum absolute atomic E-state index is 11.8. The van der Waals surface area contributed by atoms with Gasteiger partial charge in [0.15, 0.2) is 0 Å². The molecule has 1 heterocycles. The van der Waals surface area contributed by atoms with E-state index in [1.54, 1.807) is 12.3 Å². The van der Waals surface area contributed by atoms with Crippen LogP contribution in [0.4, 0.5) is 0 Å². The molecule has 0 radical (unpaired) electrons. The standard InChI is InChI=1S/C14H18N2O/c1-10(12-6-7-12)9-14(17)16-11(2)13-5-3-4-8-15-13/h3-5,8-9,11-12H,6-7H2,1-2H3,(H,16,17)/b10-9-/t11-/m1/s1. The highest BCUT2D eigenvalue weighted by Crippen LogP contribution is 2.35. The number of amides is 1. The summed E-state index contributed by atoms with van der Waals surface area (Å²) in [4.78, 5) is 16.0. The number of nitrogens with one attached hydrogen (secondary N) is 1. The van der Waals surface area contributed by atoms with E-state index in [0.717, 1.165) is 5.69 Å². The molecule has 1 fully saturated rings. The van der Waals surface area contributed by atoms with E-state index in [9.17, 15) is 4.79 Å². The maximum Gasteiger partial charge on any atom is 0.244 e. The number of aromatic nitrogens is 1. The van der Waals surface area contributed by atoms with E-state index >= 15 is 0 Å². The number of hydrogen-bond acceptors (Lipinski definition) is 2. The molecule has 0 spiro atoms. The topological polar surface area (TPSA) is 42.0 Å². The summed E-state index contributed by atoms with van der Waals surface area (Å²) >= 11 is 0. The third-order valence-electron chi connectivity index (χ3n) is 3.07. The third-order valence-corrected chi connectivity index (χ3v) is 3.07. The highest BCUT2D eigenvalue weighted by molar-refractivity contribution is 5.88. The zero-order valence-corrected chi connectivity index (χ0v) is 10.3. The predicted molar refractivity (Wildman–Crippen MR) is 67.3 cm³/mol. The van der Waals surface area contributed by atoms with Gasteiger partial charge < -0.3 is 5.32 Å². The molecular formula is C14H18N2O. The summed E-state index contributed by atoms with van der Waals surface area (Å²) in [5.74, 6) is 0.624. The van der Waals surface area contributed by atoms with Crippen LogP contribution in [0.2, 0.25) is 0 Å². The molecule has 3 nitrogen and oxygen atoms in total. The van der Waals surface area contributed by atoms with Crippen molar-refractivity contribution in [2.24, 2.45) is 5.92 Å². The Balaban J connectivity index is 1.92. The van der Waals surface area contributed by atoms with Crippen LogP contribution in [-0.2, 0) is 4.79 Å². The molecular weight excluding hydrogens is 212 g/mol. The second-order valence-electron chi connectivity index (χ2n) is 4.65. The number of pyridine rings is 1. The molecule has 0 aliphatic heterocycles. The van der Waals surface area contributed by atoms with Crippen LogP contribution in [0.1, 0.15) is 38.4 Å². The first-order chi connectivity index (χ1) is 8.16. The van der Waals surface area contributed by atoms with Crippen molar-refractivity contribution in [2.75, 3.05) is 0 Å². The van der Waals surface area contributed by atoms with Gasteiger partial charge in [-0.1, -0.05) is 11.6 Å². The monoisotopic (exact) mass is 230 g/mol. The summed E-state index contributed by atoms with van der Waals surface area (Å²) < 4.78 is 0. The van der Waals surface area contributed by atoms with Crippen molar-refractivity contribution in [3.8, 4) is 0 Å². The SMILES string of the molecule is C/C(=C/C(=O)N[C@H](C)c1ccccn1)C1CC1. The quantitative estimate of drug-likeness (QED) is 0.808. The number of nitrogens with zero attached hydrogens (tertiary/aromatic N) is 1. The highest BCUT2D eigenvalue weighted by atomic mass is 16.1. The lowest BCUT2D eigenvalue weighted by Gasteiger charge is -2.11. The zero-order chi connectivity index (χ0) is 12.3. The van der Waals surface area contributed by atoms with Crippen LogP contribution in [-0.4, -0.2) is 10.9 Å². The molecule has 0 saturated heterocycles. The van der Waals surface area contributed by atoms with Gasteiger partial charge in [-0.15, -0.1) is 0 Å². The molecule has 0 unspecified atom stereocenters. The maximum atomic E-state index is 11.8. The molecule has 1 aliphatic carbocycles. The Labute approximate surface area is 102 Å². The normalized spacial score (nSPS) is 17.6. The first kappa shape index (κ1) is 11.8. The predicted octanol–water partition coefficient (Wildman–Crippen LogP) is 2.62. The molecule has 0 bridgehead atoms. The van der Waals surface area contributed by atoms with E-state index in [2.05, 4.69) is 10.3 Å². The molecule has 1 amide bonds. The average molecular weight is 230 g/mol. The van der Waals surface area contributed by atoms with Gasteiger partial charge in [0.1, 0.15) is 0 Å². The van der Waals surface area contributed by atoms with Crippen molar-refractivity contribution in [1.29, 1.82) is 0 Å². The fourth-order valence-electron chi connectivity index (χ4n) is 1.82. The lowest BCUT2D eigenvalue weighted by molar-refractivity contribution is -0.117. The van der Waals surface area contributed by atoms with E-state index in [1.165, 1.54) is 18.4 Å². The minimum Gasteiger partial charge on any atom is -0.344 e. The van der Waals surface area contributed by atoms with Crippen LogP contribution < -0.4 is 5.32 Å². The van der Waals surface area contributed by atoms with E-state index in [0.29, 0.717) is 5.92 Å².